The lowest BCUT2D eigenvalue weighted by atomic mass is 10.0. The van der Waals surface area contributed by atoms with Gasteiger partial charge in [0.15, 0.2) is 0 Å². The quantitative estimate of drug-likeness (QED) is 0.595. The molecule has 0 fully saturated rings. The summed E-state index contributed by atoms with van der Waals surface area (Å²) in [6.45, 7) is 4.84. The molecule has 0 unspecified atom stereocenters. The first-order valence-electron chi connectivity index (χ1n) is 7.80. The molecule has 23 heavy (non-hydrogen) atoms. The van der Waals surface area contributed by atoms with E-state index in [1.807, 2.05) is 12.1 Å². The molecule has 0 bridgehead atoms. The van der Waals surface area contributed by atoms with Crippen molar-refractivity contribution in [1.29, 1.82) is 0 Å². The third-order valence-electron chi connectivity index (χ3n) is 3.67. The van der Waals surface area contributed by atoms with Crippen LogP contribution in [0.15, 0.2) is 65.1 Å². The van der Waals surface area contributed by atoms with E-state index >= 15 is 0 Å². The molecule has 0 saturated carbocycles. The number of rotatable bonds is 5. The van der Waals surface area contributed by atoms with Gasteiger partial charge in [0.25, 0.3) is 0 Å². The van der Waals surface area contributed by atoms with E-state index in [2.05, 4.69) is 83.6 Å². The first-order chi connectivity index (χ1) is 11.1. The summed E-state index contributed by atoms with van der Waals surface area (Å²) in [5.74, 6) is 0.948. The van der Waals surface area contributed by atoms with Crippen molar-refractivity contribution in [2.24, 2.45) is 0 Å². The number of halogens is 1. The monoisotopic (exact) mass is 369 g/mol. The van der Waals surface area contributed by atoms with Crippen molar-refractivity contribution in [2.75, 3.05) is 5.32 Å². The number of benzene rings is 3. The first-order valence-corrected chi connectivity index (χ1v) is 8.59. The summed E-state index contributed by atoms with van der Waals surface area (Å²) in [5, 5.41) is 5.96. The minimum absolute atomic E-state index is 0.155. The Morgan fingerprint density at radius 3 is 2.43 bits per heavy atom. The average molecular weight is 370 g/mol. The van der Waals surface area contributed by atoms with E-state index < -0.39 is 0 Å². The van der Waals surface area contributed by atoms with Crippen molar-refractivity contribution in [3.8, 4) is 5.75 Å². The number of ether oxygens (including phenoxy) is 1. The van der Waals surface area contributed by atoms with Gasteiger partial charge >= 0.3 is 0 Å². The second-order valence-corrected chi connectivity index (χ2v) is 6.71. The molecule has 3 rings (SSSR count). The van der Waals surface area contributed by atoms with Gasteiger partial charge in [-0.25, -0.2) is 0 Å². The van der Waals surface area contributed by atoms with E-state index in [0.29, 0.717) is 0 Å². The molecule has 0 radical (unpaired) electrons. The van der Waals surface area contributed by atoms with Gasteiger partial charge in [0.2, 0.25) is 0 Å². The Labute approximate surface area is 145 Å². The van der Waals surface area contributed by atoms with Crippen LogP contribution in [0, 0.1) is 0 Å². The largest absolute Gasteiger partial charge is 0.491 e. The molecule has 0 aliphatic heterocycles. The van der Waals surface area contributed by atoms with E-state index in [-0.39, 0.29) is 6.10 Å². The van der Waals surface area contributed by atoms with E-state index in [1.165, 1.54) is 16.3 Å². The Morgan fingerprint density at radius 1 is 0.957 bits per heavy atom. The molecule has 0 saturated heterocycles. The average Bonchev–Trinajstić information content (AvgIpc) is 2.55. The predicted octanol–water partition coefficient (Wildman–Crippen LogP) is 6.00. The van der Waals surface area contributed by atoms with Gasteiger partial charge in [-0.3, -0.25) is 0 Å². The Bertz CT molecular complexity index is 796. The van der Waals surface area contributed by atoms with Gasteiger partial charge in [0.1, 0.15) is 5.75 Å². The molecule has 0 aromatic heterocycles. The first kappa shape index (κ1) is 15.9. The van der Waals surface area contributed by atoms with Gasteiger partial charge in [-0.05, 0) is 55.0 Å². The van der Waals surface area contributed by atoms with Crippen molar-refractivity contribution < 1.29 is 4.74 Å². The molecular formula is C20H20BrNO. The minimum atomic E-state index is 0.155. The number of anilines is 1. The minimum Gasteiger partial charge on any atom is -0.491 e. The Balaban J connectivity index is 1.94. The number of hydrogen-bond acceptors (Lipinski definition) is 2. The highest BCUT2D eigenvalue weighted by Gasteiger charge is 2.10. The van der Waals surface area contributed by atoms with Crippen LogP contribution >= 0.6 is 15.9 Å². The van der Waals surface area contributed by atoms with Crippen molar-refractivity contribution >= 4 is 32.4 Å². The van der Waals surface area contributed by atoms with Gasteiger partial charge < -0.3 is 10.1 Å². The number of hydrogen-bond donors (Lipinski definition) is 1. The third-order valence-corrected chi connectivity index (χ3v) is 4.20. The molecule has 118 valence electrons. The lowest BCUT2D eigenvalue weighted by molar-refractivity contribution is 0.240. The Morgan fingerprint density at radius 2 is 1.70 bits per heavy atom. The van der Waals surface area contributed by atoms with Crippen LogP contribution in [0.4, 0.5) is 5.69 Å². The van der Waals surface area contributed by atoms with E-state index in [0.717, 1.165) is 22.5 Å². The van der Waals surface area contributed by atoms with Crippen molar-refractivity contribution in [1.82, 2.24) is 0 Å². The second-order valence-electron chi connectivity index (χ2n) is 5.79. The van der Waals surface area contributed by atoms with Crippen LogP contribution in [-0.4, -0.2) is 6.10 Å². The summed E-state index contributed by atoms with van der Waals surface area (Å²) in [7, 11) is 0. The molecule has 0 atom stereocenters. The highest BCUT2D eigenvalue weighted by Crippen LogP contribution is 2.30. The summed E-state index contributed by atoms with van der Waals surface area (Å²) in [6.07, 6.45) is 0.155. The fourth-order valence-corrected chi connectivity index (χ4v) is 2.89. The number of fused-ring (bicyclic) bond motifs is 1. The summed E-state index contributed by atoms with van der Waals surface area (Å²) >= 11 is 3.46. The van der Waals surface area contributed by atoms with E-state index in [9.17, 15) is 0 Å². The van der Waals surface area contributed by atoms with Crippen LogP contribution in [-0.2, 0) is 6.54 Å². The van der Waals surface area contributed by atoms with Crippen LogP contribution in [0.25, 0.3) is 10.8 Å². The van der Waals surface area contributed by atoms with E-state index in [4.69, 9.17) is 4.74 Å². The Kier molecular flexibility index (Phi) is 4.87. The summed E-state index contributed by atoms with van der Waals surface area (Å²) in [4.78, 5) is 0. The van der Waals surface area contributed by atoms with Crippen LogP contribution in [0.2, 0.25) is 0 Å². The third kappa shape index (κ3) is 3.85. The van der Waals surface area contributed by atoms with Gasteiger partial charge in [-0.1, -0.05) is 46.3 Å². The van der Waals surface area contributed by atoms with Crippen LogP contribution in [0.5, 0.6) is 5.75 Å². The normalized spacial score (nSPS) is 11.0. The molecule has 1 N–H and O–H groups in total. The van der Waals surface area contributed by atoms with Crippen molar-refractivity contribution in [3.63, 3.8) is 0 Å². The van der Waals surface area contributed by atoms with Gasteiger partial charge in [-0.15, -0.1) is 0 Å². The van der Waals surface area contributed by atoms with Crippen molar-refractivity contribution in [2.45, 2.75) is 26.5 Å². The maximum atomic E-state index is 6.01. The molecule has 3 aromatic carbocycles. The lowest BCUT2D eigenvalue weighted by Gasteiger charge is -2.17. The zero-order valence-electron chi connectivity index (χ0n) is 13.3. The van der Waals surface area contributed by atoms with Crippen molar-refractivity contribution in [3.05, 3.63) is 70.7 Å². The predicted molar refractivity (Wildman–Crippen MR) is 101 cm³/mol. The molecule has 3 heteroatoms. The maximum absolute atomic E-state index is 6.01. The van der Waals surface area contributed by atoms with Crippen LogP contribution in [0.3, 0.4) is 0 Å². The highest BCUT2D eigenvalue weighted by atomic mass is 79.9. The highest BCUT2D eigenvalue weighted by molar-refractivity contribution is 9.10. The summed E-state index contributed by atoms with van der Waals surface area (Å²) < 4.78 is 7.09. The molecule has 0 aliphatic rings. The summed E-state index contributed by atoms with van der Waals surface area (Å²) in [5.41, 5.74) is 2.29. The molecule has 0 spiro atoms. The molecule has 0 aliphatic carbocycles. The fourth-order valence-electron chi connectivity index (χ4n) is 2.62. The van der Waals surface area contributed by atoms with Crippen LogP contribution in [0.1, 0.15) is 19.4 Å². The molecule has 0 heterocycles. The van der Waals surface area contributed by atoms with Gasteiger partial charge in [-0.2, -0.15) is 0 Å². The van der Waals surface area contributed by atoms with E-state index in [1.54, 1.807) is 0 Å². The topological polar surface area (TPSA) is 21.3 Å². The second kappa shape index (κ2) is 7.05. The zero-order chi connectivity index (χ0) is 16.2. The fraction of sp³-hybridized carbons (Fsp3) is 0.200. The van der Waals surface area contributed by atoms with Gasteiger partial charge in [0, 0.05) is 22.3 Å². The molecule has 2 nitrogen and oxygen atoms in total. The molecule has 0 amide bonds. The SMILES string of the molecule is CC(C)Oc1ccc2ccccc2c1CNc1ccc(Br)cc1. The lowest BCUT2D eigenvalue weighted by Crippen LogP contribution is -2.09. The summed E-state index contributed by atoms with van der Waals surface area (Å²) in [6, 6.07) is 20.8. The Hall–Kier alpha value is -2.00. The molecule has 3 aromatic rings. The smallest absolute Gasteiger partial charge is 0.125 e. The van der Waals surface area contributed by atoms with Gasteiger partial charge in [0.05, 0.1) is 6.10 Å². The zero-order valence-corrected chi connectivity index (χ0v) is 14.9. The van der Waals surface area contributed by atoms with Crippen LogP contribution < -0.4 is 10.1 Å². The maximum Gasteiger partial charge on any atom is 0.125 e. The molecular weight excluding hydrogens is 350 g/mol. The standard InChI is InChI=1S/C20H20BrNO/c1-14(2)23-20-12-7-15-5-3-4-6-18(15)19(20)13-22-17-10-8-16(21)9-11-17/h3-12,14,22H,13H2,1-2H3. The number of nitrogens with one attached hydrogen (secondary N) is 1.